The van der Waals surface area contributed by atoms with E-state index in [9.17, 15) is 4.79 Å². The van der Waals surface area contributed by atoms with Crippen molar-refractivity contribution in [1.82, 2.24) is 10.4 Å². The number of carbonyl (C=O) groups excluding carboxylic acids is 1. The monoisotopic (exact) mass is 369 g/mol. The summed E-state index contributed by atoms with van der Waals surface area (Å²) in [6.07, 6.45) is 4.25. The maximum Gasteiger partial charge on any atom is 0.341 e. The molecule has 1 aliphatic heterocycles. The van der Waals surface area contributed by atoms with Crippen LogP contribution in [0.15, 0.2) is 0 Å². The van der Waals surface area contributed by atoms with Gasteiger partial charge < -0.3 is 14.8 Å². The number of nitrogens with zero attached hydrogens (tertiary/aromatic N) is 1. The summed E-state index contributed by atoms with van der Waals surface area (Å²) in [7, 11) is 0. The zero-order chi connectivity index (χ0) is 16.9. The highest BCUT2D eigenvalue weighted by atomic mass is 32.1. The average Bonchev–Trinajstić information content (AvgIpc) is 2.93. The number of aryl methyl sites for hydroxylation is 1. The second-order valence-corrected chi connectivity index (χ2v) is 7.31. The number of morpholine rings is 1. The molecule has 1 aliphatic carbocycles. The Balaban J connectivity index is 1.75. The van der Waals surface area contributed by atoms with Crippen molar-refractivity contribution in [2.24, 2.45) is 0 Å². The van der Waals surface area contributed by atoms with Crippen LogP contribution in [0, 0.1) is 0 Å². The molecule has 2 aliphatic rings. The summed E-state index contributed by atoms with van der Waals surface area (Å²) in [5, 5.41) is 6.53. The molecule has 0 aromatic carbocycles. The van der Waals surface area contributed by atoms with Crippen LogP contribution in [0.3, 0.4) is 0 Å². The standard InChI is InChI=1S/C16H23N3O3S2/c1-2-22-15(20)13-11-5-3-4-6-12(11)24-14(13)17-16(23)18-19-7-9-21-10-8-19/h2-10H2,1H3,(H2,17,18,23). The Morgan fingerprint density at radius 3 is 2.83 bits per heavy atom. The van der Waals surface area contributed by atoms with Crippen LogP contribution in [0.25, 0.3) is 0 Å². The first-order valence-corrected chi connectivity index (χ1v) is 9.63. The second kappa shape index (κ2) is 8.24. The van der Waals surface area contributed by atoms with Crippen LogP contribution in [-0.4, -0.2) is 49.0 Å². The van der Waals surface area contributed by atoms with E-state index in [0.717, 1.165) is 42.9 Å². The Labute approximate surface area is 151 Å². The molecule has 3 rings (SSSR count). The van der Waals surface area contributed by atoms with Gasteiger partial charge in [0.25, 0.3) is 0 Å². The highest BCUT2D eigenvalue weighted by Gasteiger charge is 2.27. The molecule has 1 aromatic rings. The van der Waals surface area contributed by atoms with Gasteiger partial charge in [-0.25, -0.2) is 9.80 Å². The number of rotatable bonds is 4. The summed E-state index contributed by atoms with van der Waals surface area (Å²) in [6, 6.07) is 0. The number of esters is 1. The predicted molar refractivity (Wildman–Crippen MR) is 98.7 cm³/mol. The fourth-order valence-electron chi connectivity index (χ4n) is 3.02. The molecule has 132 valence electrons. The van der Waals surface area contributed by atoms with Gasteiger partial charge in [-0.3, -0.25) is 5.43 Å². The number of nitrogens with one attached hydrogen (secondary N) is 2. The Hall–Kier alpha value is -1.22. The third-order valence-corrected chi connectivity index (χ3v) is 5.55. The van der Waals surface area contributed by atoms with Crippen LogP contribution in [0.1, 0.15) is 40.6 Å². The van der Waals surface area contributed by atoms with Crippen LogP contribution in [0.4, 0.5) is 5.00 Å². The van der Waals surface area contributed by atoms with Crippen LogP contribution in [0.2, 0.25) is 0 Å². The van der Waals surface area contributed by atoms with Crippen molar-refractivity contribution in [2.45, 2.75) is 32.6 Å². The van der Waals surface area contributed by atoms with Gasteiger partial charge in [0.1, 0.15) is 5.00 Å². The number of hydrogen-bond acceptors (Lipinski definition) is 6. The van der Waals surface area contributed by atoms with Crippen molar-refractivity contribution in [3.05, 3.63) is 16.0 Å². The van der Waals surface area contributed by atoms with E-state index in [2.05, 4.69) is 10.7 Å². The van der Waals surface area contributed by atoms with E-state index in [1.165, 1.54) is 11.3 Å². The first kappa shape index (κ1) is 17.6. The van der Waals surface area contributed by atoms with E-state index < -0.39 is 0 Å². The number of fused-ring (bicyclic) bond motifs is 1. The van der Waals surface area contributed by atoms with E-state index in [1.54, 1.807) is 11.3 Å². The van der Waals surface area contributed by atoms with Crippen molar-refractivity contribution >= 4 is 39.6 Å². The number of thiophene rings is 1. The van der Waals surface area contributed by atoms with Gasteiger partial charge in [0.05, 0.1) is 25.4 Å². The summed E-state index contributed by atoms with van der Waals surface area (Å²) in [6.45, 7) is 5.16. The summed E-state index contributed by atoms with van der Waals surface area (Å²) in [5.74, 6) is -0.256. The van der Waals surface area contributed by atoms with Gasteiger partial charge in [-0.1, -0.05) is 0 Å². The molecular formula is C16H23N3O3S2. The number of hydrazine groups is 1. The summed E-state index contributed by atoms with van der Waals surface area (Å²) in [4.78, 5) is 13.7. The van der Waals surface area contributed by atoms with Gasteiger partial charge in [-0.05, 0) is 50.4 Å². The van der Waals surface area contributed by atoms with E-state index in [-0.39, 0.29) is 5.97 Å². The Morgan fingerprint density at radius 2 is 2.08 bits per heavy atom. The molecule has 0 radical (unpaired) electrons. The highest BCUT2D eigenvalue weighted by molar-refractivity contribution is 7.80. The first-order valence-electron chi connectivity index (χ1n) is 8.41. The Kier molecular flexibility index (Phi) is 6.04. The van der Waals surface area contributed by atoms with E-state index in [0.29, 0.717) is 30.5 Å². The number of carbonyl (C=O) groups is 1. The maximum absolute atomic E-state index is 12.4. The normalized spacial score (nSPS) is 17.9. The molecule has 8 heteroatoms. The molecule has 0 amide bonds. The topological polar surface area (TPSA) is 62.8 Å². The van der Waals surface area contributed by atoms with Crippen LogP contribution >= 0.6 is 23.6 Å². The lowest BCUT2D eigenvalue weighted by Gasteiger charge is -2.28. The predicted octanol–water partition coefficient (Wildman–Crippen LogP) is 2.34. The summed E-state index contributed by atoms with van der Waals surface area (Å²) >= 11 is 7.04. The van der Waals surface area contributed by atoms with Crippen LogP contribution in [-0.2, 0) is 22.3 Å². The molecule has 1 aromatic heterocycles. The summed E-state index contributed by atoms with van der Waals surface area (Å²) in [5.41, 5.74) is 4.98. The molecular weight excluding hydrogens is 346 g/mol. The van der Waals surface area contributed by atoms with Crippen LogP contribution < -0.4 is 10.7 Å². The molecule has 6 nitrogen and oxygen atoms in total. The Bertz CT molecular complexity index is 612. The van der Waals surface area contributed by atoms with E-state index in [4.69, 9.17) is 21.7 Å². The lowest BCUT2D eigenvalue weighted by Crippen LogP contribution is -2.49. The van der Waals surface area contributed by atoms with Crippen molar-refractivity contribution in [2.75, 3.05) is 38.2 Å². The second-order valence-electron chi connectivity index (χ2n) is 5.80. The summed E-state index contributed by atoms with van der Waals surface area (Å²) < 4.78 is 10.6. The van der Waals surface area contributed by atoms with Gasteiger partial charge in [-0.2, -0.15) is 0 Å². The fraction of sp³-hybridized carbons (Fsp3) is 0.625. The molecule has 0 unspecified atom stereocenters. The molecule has 2 N–H and O–H groups in total. The Morgan fingerprint density at radius 1 is 1.33 bits per heavy atom. The number of hydrogen-bond donors (Lipinski definition) is 2. The minimum atomic E-state index is -0.256. The van der Waals surface area contributed by atoms with Gasteiger partial charge in [0.2, 0.25) is 0 Å². The number of anilines is 1. The highest BCUT2D eigenvalue weighted by Crippen LogP contribution is 2.38. The average molecular weight is 370 g/mol. The largest absolute Gasteiger partial charge is 0.462 e. The van der Waals surface area contributed by atoms with Gasteiger partial charge in [0, 0.05) is 18.0 Å². The fourth-order valence-corrected chi connectivity index (χ4v) is 4.60. The molecule has 24 heavy (non-hydrogen) atoms. The van der Waals surface area contributed by atoms with Crippen molar-refractivity contribution in [3.63, 3.8) is 0 Å². The number of ether oxygens (including phenoxy) is 2. The molecule has 0 saturated carbocycles. The number of thiocarbonyl (C=S) groups is 1. The minimum Gasteiger partial charge on any atom is -0.462 e. The third kappa shape index (κ3) is 4.05. The minimum absolute atomic E-state index is 0.256. The maximum atomic E-state index is 12.4. The quantitative estimate of drug-likeness (QED) is 0.624. The SMILES string of the molecule is CCOC(=O)c1c(NC(=S)NN2CCOCC2)sc2c1CCCC2. The zero-order valence-corrected chi connectivity index (χ0v) is 15.5. The van der Waals surface area contributed by atoms with Crippen LogP contribution in [0.5, 0.6) is 0 Å². The lowest BCUT2D eigenvalue weighted by atomic mass is 9.95. The molecule has 2 heterocycles. The lowest BCUT2D eigenvalue weighted by molar-refractivity contribution is 0.0252. The first-order chi connectivity index (χ1) is 11.7. The van der Waals surface area contributed by atoms with Gasteiger partial charge >= 0.3 is 5.97 Å². The van der Waals surface area contributed by atoms with Gasteiger partial charge in [-0.15, -0.1) is 11.3 Å². The molecule has 0 spiro atoms. The van der Waals surface area contributed by atoms with E-state index in [1.807, 2.05) is 11.9 Å². The van der Waals surface area contributed by atoms with Crippen molar-refractivity contribution in [1.29, 1.82) is 0 Å². The molecule has 0 atom stereocenters. The van der Waals surface area contributed by atoms with Crippen molar-refractivity contribution in [3.8, 4) is 0 Å². The van der Waals surface area contributed by atoms with Crippen molar-refractivity contribution < 1.29 is 14.3 Å². The molecule has 0 bridgehead atoms. The smallest absolute Gasteiger partial charge is 0.341 e. The van der Waals surface area contributed by atoms with Gasteiger partial charge in [0.15, 0.2) is 5.11 Å². The van der Waals surface area contributed by atoms with E-state index >= 15 is 0 Å². The molecule has 1 fully saturated rings. The molecule has 1 saturated heterocycles. The third-order valence-electron chi connectivity index (χ3n) is 4.15. The zero-order valence-electron chi connectivity index (χ0n) is 13.9.